The zero-order valence-electron chi connectivity index (χ0n) is 50.2. The third-order valence-corrected chi connectivity index (χ3v) is 15.9. The van der Waals surface area contributed by atoms with Crippen molar-refractivity contribution in [3.63, 3.8) is 0 Å². The van der Waals surface area contributed by atoms with E-state index in [1.165, 1.54) is 24.5 Å². The SMILES string of the molecule is C#Cc1ccc(-c2[nH]nc3ncnc(Nc4cc(-c5ccccc5)ccc4OC)c23)cc1.COc1ccc(-c2ccccc2)cc1Nc1ncnc2n[nH]c(-c3ccc(C)cc3)c12.COc1ccc(-c2ccccc2)cc1Nc1ncnc2n[nH]c(-c3ccsc3)c12. The first kappa shape index (κ1) is 58.5. The van der Waals surface area contributed by atoms with Crippen molar-refractivity contribution in [1.29, 1.82) is 0 Å². The van der Waals surface area contributed by atoms with Crippen LogP contribution in [0, 0.1) is 19.3 Å². The Bertz CT molecular complexity index is 5060. The van der Waals surface area contributed by atoms with E-state index in [4.69, 9.17) is 20.6 Å². The molecule has 0 aliphatic carbocycles. The van der Waals surface area contributed by atoms with Gasteiger partial charge in [0.15, 0.2) is 16.9 Å². The summed E-state index contributed by atoms with van der Waals surface area (Å²) in [5.41, 5.74) is 18.4. The van der Waals surface area contributed by atoms with Gasteiger partial charge in [-0.15, -0.1) is 6.42 Å². The van der Waals surface area contributed by atoms with Crippen LogP contribution in [0.5, 0.6) is 17.2 Å². The van der Waals surface area contributed by atoms with E-state index in [1.807, 2.05) is 133 Å². The molecule has 7 aromatic heterocycles. The number of aryl methyl sites for hydroxylation is 1. The van der Waals surface area contributed by atoms with Crippen molar-refractivity contribution in [3.8, 4) is 96.7 Å². The Kier molecular flexibility index (Phi) is 17.1. The molecule has 0 fully saturated rings. The number of hydrogen-bond donors (Lipinski definition) is 6. The maximum atomic E-state index is 5.60. The van der Waals surface area contributed by atoms with E-state index in [1.54, 1.807) is 32.7 Å². The Labute approximate surface area is 532 Å². The van der Waals surface area contributed by atoms with Crippen LogP contribution >= 0.6 is 11.3 Å². The highest BCUT2D eigenvalue weighted by molar-refractivity contribution is 7.08. The zero-order chi connectivity index (χ0) is 62.8. The van der Waals surface area contributed by atoms with Crippen LogP contribution in [0.2, 0.25) is 0 Å². The maximum Gasteiger partial charge on any atom is 0.186 e. The van der Waals surface area contributed by atoms with Crippen molar-refractivity contribution in [2.45, 2.75) is 6.92 Å². The highest BCUT2D eigenvalue weighted by Gasteiger charge is 2.20. The fraction of sp³-hybridized carbons (Fsp3) is 0.0548. The number of methoxy groups -OCH3 is 3. The number of rotatable bonds is 15. The van der Waals surface area contributed by atoms with Gasteiger partial charge in [0.1, 0.15) is 53.7 Å². The molecule has 448 valence electrons. The van der Waals surface area contributed by atoms with Crippen LogP contribution in [0.3, 0.4) is 0 Å². The number of terminal acetylenes is 1. The number of hydrogen-bond acceptors (Lipinski definition) is 16. The molecule has 0 saturated heterocycles. The van der Waals surface area contributed by atoms with Gasteiger partial charge in [0.05, 0.1) is 71.6 Å². The molecule has 15 rings (SSSR count). The largest absolute Gasteiger partial charge is 0.495 e. The van der Waals surface area contributed by atoms with E-state index in [0.29, 0.717) is 40.1 Å². The molecule has 18 nitrogen and oxygen atoms in total. The van der Waals surface area contributed by atoms with Crippen LogP contribution in [-0.2, 0) is 0 Å². The Morgan fingerprint density at radius 3 is 1.07 bits per heavy atom. The number of nitrogens with one attached hydrogen (secondary N) is 6. The fourth-order valence-electron chi connectivity index (χ4n) is 10.6. The summed E-state index contributed by atoms with van der Waals surface area (Å²) in [4.78, 5) is 26.5. The first-order valence-electron chi connectivity index (χ1n) is 29.1. The maximum absolute atomic E-state index is 5.60. The minimum absolute atomic E-state index is 0.566. The molecule has 19 heteroatoms. The number of H-pyrrole nitrogens is 3. The summed E-state index contributed by atoms with van der Waals surface area (Å²) in [6.45, 7) is 2.07. The van der Waals surface area contributed by atoms with Crippen LogP contribution in [0.1, 0.15) is 11.1 Å². The molecule has 0 unspecified atom stereocenters. The van der Waals surface area contributed by atoms with E-state index in [0.717, 1.165) is 117 Å². The molecule has 0 radical (unpaired) electrons. The van der Waals surface area contributed by atoms with E-state index in [-0.39, 0.29) is 0 Å². The van der Waals surface area contributed by atoms with E-state index >= 15 is 0 Å². The number of nitrogens with zero attached hydrogens (tertiary/aromatic N) is 9. The molecular weight excluding hydrogens is 1170 g/mol. The second kappa shape index (κ2) is 26.8. The van der Waals surface area contributed by atoms with Gasteiger partial charge >= 0.3 is 0 Å². The van der Waals surface area contributed by atoms with Gasteiger partial charge in [0.2, 0.25) is 0 Å². The summed E-state index contributed by atoms with van der Waals surface area (Å²) in [5, 5.41) is 39.2. The third kappa shape index (κ3) is 12.5. The number of anilines is 6. The fourth-order valence-corrected chi connectivity index (χ4v) is 11.2. The molecule has 0 saturated carbocycles. The van der Waals surface area contributed by atoms with E-state index in [2.05, 4.69) is 167 Å². The van der Waals surface area contributed by atoms with Crippen LogP contribution in [0.25, 0.3) is 100 Å². The van der Waals surface area contributed by atoms with E-state index < -0.39 is 0 Å². The van der Waals surface area contributed by atoms with Gasteiger partial charge in [-0.1, -0.05) is 157 Å². The molecule has 0 atom stereocenters. The number of fused-ring (bicyclic) bond motifs is 3. The van der Waals surface area contributed by atoms with Gasteiger partial charge in [-0.2, -0.15) is 26.6 Å². The molecule has 0 bridgehead atoms. The van der Waals surface area contributed by atoms with Crippen molar-refractivity contribution in [2.24, 2.45) is 0 Å². The van der Waals surface area contributed by atoms with Crippen molar-refractivity contribution in [1.82, 2.24) is 60.5 Å². The highest BCUT2D eigenvalue weighted by atomic mass is 32.1. The average Bonchev–Trinajstić information content (AvgIpc) is 1.64. The summed E-state index contributed by atoms with van der Waals surface area (Å²) in [6.07, 6.45) is 10.0. The molecule has 0 aliphatic heterocycles. The minimum atomic E-state index is 0.566. The van der Waals surface area contributed by atoms with Crippen molar-refractivity contribution >= 4 is 79.0 Å². The Morgan fingerprint density at radius 1 is 0.380 bits per heavy atom. The Hall–Kier alpha value is -12.5. The first-order chi connectivity index (χ1) is 45.3. The van der Waals surface area contributed by atoms with Gasteiger partial charge in [-0.25, -0.2) is 29.9 Å². The molecule has 6 N–H and O–H groups in total. The number of ether oxygens (including phenoxy) is 3. The third-order valence-electron chi connectivity index (χ3n) is 15.2. The van der Waals surface area contributed by atoms with Gasteiger partial charge in [-0.05, 0) is 100 Å². The van der Waals surface area contributed by atoms with Crippen LogP contribution in [0.15, 0.2) is 230 Å². The first-order valence-corrected chi connectivity index (χ1v) is 30.0. The molecule has 8 aromatic carbocycles. The summed E-state index contributed by atoms with van der Waals surface area (Å²) in [7, 11) is 4.97. The second-order valence-electron chi connectivity index (χ2n) is 20.9. The smallest absolute Gasteiger partial charge is 0.186 e. The van der Waals surface area contributed by atoms with Crippen molar-refractivity contribution < 1.29 is 14.2 Å². The van der Waals surface area contributed by atoms with Gasteiger partial charge in [0, 0.05) is 27.6 Å². The number of benzene rings is 8. The molecule has 0 aliphatic rings. The number of thiophene rings is 1. The van der Waals surface area contributed by atoms with Gasteiger partial charge < -0.3 is 30.2 Å². The summed E-state index contributed by atoms with van der Waals surface area (Å²) in [6, 6.07) is 66.8. The summed E-state index contributed by atoms with van der Waals surface area (Å²) < 4.78 is 16.8. The topological polar surface area (TPSA) is 227 Å². The quantitative estimate of drug-likeness (QED) is 0.0525. The monoisotopic (exact) mass is 1220 g/mol. The minimum Gasteiger partial charge on any atom is -0.495 e. The lowest BCUT2D eigenvalue weighted by atomic mass is 10.0. The van der Waals surface area contributed by atoms with Crippen LogP contribution in [0.4, 0.5) is 34.5 Å². The predicted molar refractivity (Wildman–Crippen MR) is 367 cm³/mol. The van der Waals surface area contributed by atoms with Crippen LogP contribution < -0.4 is 30.2 Å². The van der Waals surface area contributed by atoms with Gasteiger partial charge in [-0.3, -0.25) is 15.3 Å². The van der Waals surface area contributed by atoms with Gasteiger partial charge in [0.25, 0.3) is 0 Å². The predicted octanol–water partition coefficient (Wildman–Crippen LogP) is 16.7. The Balaban J connectivity index is 0.000000126. The van der Waals surface area contributed by atoms with Crippen molar-refractivity contribution in [3.05, 3.63) is 241 Å². The molecule has 0 amide bonds. The molecular formula is C73H57N15O3S. The Morgan fingerprint density at radius 2 is 0.728 bits per heavy atom. The molecule has 15 aromatic rings. The summed E-state index contributed by atoms with van der Waals surface area (Å²) in [5.74, 6) is 6.77. The van der Waals surface area contributed by atoms with E-state index in [9.17, 15) is 0 Å². The lowest BCUT2D eigenvalue weighted by Gasteiger charge is -2.13. The normalized spacial score (nSPS) is 10.8. The number of aromatic amines is 3. The van der Waals surface area contributed by atoms with Crippen LogP contribution in [-0.4, -0.2) is 81.8 Å². The lowest BCUT2D eigenvalue weighted by Crippen LogP contribution is -1.99. The second-order valence-corrected chi connectivity index (χ2v) is 21.7. The lowest BCUT2D eigenvalue weighted by molar-refractivity contribution is 0.417. The highest BCUT2D eigenvalue weighted by Crippen LogP contribution is 2.40. The number of aromatic nitrogens is 12. The average molecular weight is 1220 g/mol. The standard InChI is InChI=1S/C26H19N5O.C25H21N5O.C22H17N5OS/c1-3-17-9-11-19(12-10-17)24-23-25(27-16-28-26(23)31-30-24)29-21-15-20(13-14-22(21)32-2)18-7-5-4-6-8-18;1-16-8-10-18(11-9-16)23-22-24(26-15-27-25(22)30-29-23)28-20-14-19(12-13-21(20)31-2)17-6-4-3-5-7-17;1-28-18-8-7-15(14-5-3-2-4-6-14)11-17(18)25-21-19-20(16-9-10-29-12-16)26-27-22(19)24-13-23-21/h1,4-16H,2H3,(H2,27,28,29,30,31);3-15H,1-2H3,(H2,26,27,28,29,30);2-13H,1H3,(H2,23,24,25,26,27). The molecule has 0 spiro atoms. The van der Waals surface area contributed by atoms with Crippen molar-refractivity contribution in [2.75, 3.05) is 37.3 Å². The molecule has 7 heterocycles. The molecule has 92 heavy (non-hydrogen) atoms. The zero-order valence-corrected chi connectivity index (χ0v) is 51.0. The summed E-state index contributed by atoms with van der Waals surface area (Å²) >= 11 is 1.63.